The number of hydrogen-bond acceptors (Lipinski definition) is 0. The Hall–Kier alpha value is 0.0649. The normalized spacial score (nSPS) is 30.7. The van der Waals surface area contributed by atoms with Crippen molar-refractivity contribution in [2.24, 2.45) is 5.41 Å². The van der Waals surface area contributed by atoms with Crippen molar-refractivity contribution in [2.45, 2.75) is 63.6 Å². The van der Waals surface area contributed by atoms with Crippen molar-refractivity contribution in [2.75, 3.05) is 0 Å². The molecular formula is C11H21B. The van der Waals surface area contributed by atoms with Crippen molar-refractivity contribution in [1.29, 1.82) is 0 Å². The lowest BCUT2D eigenvalue weighted by Gasteiger charge is -2.42. The molecule has 68 valence electrons. The fraction of sp³-hybridized carbons (Fsp3) is 1.00. The highest BCUT2D eigenvalue weighted by atomic mass is 14.4. The van der Waals surface area contributed by atoms with Gasteiger partial charge in [0.15, 0.2) is 0 Å². The first-order valence-corrected chi connectivity index (χ1v) is 5.81. The molecule has 0 amide bonds. The first-order chi connectivity index (χ1) is 5.81. The zero-order valence-corrected chi connectivity index (χ0v) is 8.44. The van der Waals surface area contributed by atoms with Crippen LogP contribution in [0.5, 0.6) is 0 Å². The van der Waals surface area contributed by atoms with Crippen LogP contribution >= 0.6 is 0 Å². The van der Waals surface area contributed by atoms with Crippen LogP contribution in [0.15, 0.2) is 0 Å². The standard InChI is InChI=1S/C11H21B/c12-10-4-8-11(9-5-10)6-2-1-3-7-11/h10H,1-9,12H2. The van der Waals surface area contributed by atoms with Crippen molar-refractivity contribution in [3.8, 4) is 0 Å². The SMILES string of the molecule is BC1CCC2(CCCCC2)CC1. The smallest absolute Gasteiger partial charge is 0.0697 e. The second-order valence-corrected chi connectivity index (χ2v) is 5.24. The van der Waals surface area contributed by atoms with E-state index in [1.165, 1.54) is 32.1 Å². The van der Waals surface area contributed by atoms with Gasteiger partial charge in [0.25, 0.3) is 0 Å². The van der Waals surface area contributed by atoms with Gasteiger partial charge in [-0.15, -0.1) is 0 Å². The maximum atomic E-state index is 2.43. The molecule has 0 aromatic carbocycles. The Morgan fingerprint density at radius 1 is 0.833 bits per heavy atom. The Morgan fingerprint density at radius 2 is 1.42 bits per heavy atom. The molecule has 0 N–H and O–H groups in total. The molecule has 0 radical (unpaired) electrons. The van der Waals surface area contributed by atoms with Gasteiger partial charge in [0.1, 0.15) is 7.85 Å². The first kappa shape index (κ1) is 8.65. The van der Waals surface area contributed by atoms with Gasteiger partial charge in [-0.05, 0) is 31.1 Å². The first-order valence-electron chi connectivity index (χ1n) is 5.81. The average Bonchev–Trinajstić information content (AvgIpc) is 2.13. The number of rotatable bonds is 0. The van der Waals surface area contributed by atoms with Crippen LogP contribution < -0.4 is 0 Å². The third-order valence-electron chi connectivity index (χ3n) is 4.25. The summed E-state index contributed by atoms with van der Waals surface area (Å²) in [6, 6.07) is 0. The summed E-state index contributed by atoms with van der Waals surface area (Å²) in [7, 11) is 2.43. The summed E-state index contributed by atoms with van der Waals surface area (Å²) >= 11 is 0. The summed E-state index contributed by atoms with van der Waals surface area (Å²) in [5.74, 6) is 1.03. The van der Waals surface area contributed by atoms with Crippen LogP contribution in [0.3, 0.4) is 0 Å². The Morgan fingerprint density at radius 3 is 2.00 bits per heavy atom. The lowest BCUT2D eigenvalue weighted by Crippen LogP contribution is -2.28. The van der Waals surface area contributed by atoms with E-state index in [1.54, 1.807) is 25.7 Å². The largest absolute Gasteiger partial charge is 0.105 e. The maximum absolute atomic E-state index is 2.43. The minimum Gasteiger partial charge on any atom is -0.0697 e. The van der Waals surface area contributed by atoms with Gasteiger partial charge in [-0.25, -0.2) is 0 Å². The molecule has 1 spiro atoms. The van der Waals surface area contributed by atoms with Crippen LogP contribution in [-0.4, -0.2) is 7.85 Å². The Labute approximate surface area is 77.5 Å². The van der Waals surface area contributed by atoms with Crippen molar-refractivity contribution >= 4 is 7.85 Å². The monoisotopic (exact) mass is 164 g/mol. The van der Waals surface area contributed by atoms with Gasteiger partial charge < -0.3 is 0 Å². The predicted molar refractivity (Wildman–Crippen MR) is 56.3 cm³/mol. The van der Waals surface area contributed by atoms with Gasteiger partial charge in [-0.1, -0.05) is 37.9 Å². The molecule has 0 nitrogen and oxygen atoms in total. The summed E-state index contributed by atoms with van der Waals surface area (Å²) in [6.45, 7) is 0. The van der Waals surface area contributed by atoms with Crippen molar-refractivity contribution in [3.05, 3.63) is 0 Å². The van der Waals surface area contributed by atoms with E-state index in [-0.39, 0.29) is 0 Å². The molecule has 0 aliphatic heterocycles. The van der Waals surface area contributed by atoms with Crippen LogP contribution in [0.4, 0.5) is 0 Å². The second kappa shape index (κ2) is 3.43. The molecule has 0 aromatic heterocycles. The molecule has 0 heterocycles. The zero-order valence-electron chi connectivity index (χ0n) is 8.44. The van der Waals surface area contributed by atoms with Gasteiger partial charge in [0, 0.05) is 0 Å². The minimum atomic E-state index is 0.838. The van der Waals surface area contributed by atoms with E-state index in [0.29, 0.717) is 0 Å². The van der Waals surface area contributed by atoms with E-state index in [1.807, 2.05) is 0 Å². The fourth-order valence-electron chi connectivity index (χ4n) is 3.18. The van der Waals surface area contributed by atoms with E-state index < -0.39 is 0 Å². The summed E-state index contributed by atoms with van der Waals surface area (Å²) in [6.07, 6.45) is 13.8. The van der Waals surface area contributed by atoms with Crippen LogP contribution in [0.2, 0.25) is 5.82 Å². The molecule has 2 aliphatic carbocycles. The Bertz CT molecular complexity index is 137. The molecule has 12 heavy (non-hydrogen) atoms. The summed E-state index contributed by atoms with van der Waals surface area (Å²) in [5.41, 5.74) is 0.838. The molecule has 0 bridgehead atoms. The third kappa shape index (κ3) is 1.70. The van der Waals surface area contributed by atoms with Gasteiger partial charge in [-0.3, -0.25) is 0 Å². The van der Waals surface area contributed by atoms with Crippen LogP contribution in [0.1, 0.15) is 57.8 Å². The maximum Gasteiger partial charge on any atom is 0.105 e. The second-order valence-electron chi connectivity index (χ2n) is 5.24. The van der Waals surface area contributed by atoms with E-state index >= 15 is 0 Å². The third-order valence-corrected chi connectivity index (χ3v) is 4.25. The lowest BCUT2D eigenvalue weighted by molar-refractivity contribution is 0.124. The molecule has 0 aromatic rings. The molecule has 2 aliphatic rings. The van der Waals surface area contributed by atoms with E-state index in [0.717, 1.165) is 11.2 Å². The van der Waals surface area contributed by atoms with Gasteiger partial charge in [0.05, 0.1) is 0 Å². The summed E-state index contributed by atoms with van der Waals surface area (Å²) < 4.78 is 0. The Balaban J connectivity index is 1.92. The minimum absolute atomic E-state index is 0.838. The van der Waals surface area contributed by atoms with Crippen LogP contribution in [0, 0.1) is 5.41 Å². The molecule has 0 saturated heterocycles. The van der Waals surface area contributed by atoms with Crippen LogP contribution in [-0.2, 0) is 0 Å². The molecular weight excluding hydrogens is 143 g/mol. The highest BCUT2D eigenvalue weighted by molar-refractivity contribution is 6.11. The molecule has 2 rings (SSSR count). The van der Waals surface area contributed by atoms with Gasteiger partial charge in [0.2, 0.25) is 0 Å². The average molecular weight is 164 g/mol. The van der Waals surface area contributed by atoms with Crippen molar-refractivity contribution in [3.63, 3.8) is 0 Å². The predicted octanol–water partition coefficient (Wildman–Crippen LogP) is 2.93. The molecule has 0 atom stereocenters. The van der Waals surface area contributed by atoms with Crippen LogP contribution in [0.25, 0.3) is 0 Å². The van der Waals surface area contributed by atoms with Crippen molar-refractivity contribution < 1.29 is 0 Å². The topological polar surface area (TPSA) is 0 Å². The quantitative estimate of drug-likeness (QED) is 0.483. The van der Waals surface area contributed by atoms with E-state index in [4.69, 9.17) is 0 Å². The zero-order chi connectivity index (χ0) is 8.44. The molecule has 2 fully saturated rings. The van der Waals surface area contributed by atoms with Gasteiger partial charge in [-0.2, -0.15) is 0 Å². The van der Waals surface area contributed by atoms with E-state index in [2.05, 4.69) is 7.85 Å². The highest BCUT2D eigenvalue weighted by Crippen LogP contribution is 2.49. The summed E-state index contributed by atoms with van der Waals surface area (Å²) in [5, 5.41) is 0. The fourth-order valence-corrected chi connectivity index (χ4v) is 3.18. The molecule has 1 heteroatoms. The Kier molecular flexibility index (Phi) is 2.48. The lowest BCUT2D eigenvalue weighted by atomic mass is 9.60. The van der Waals surface area contributed by atoms with Crippen molar-refractivity contribution in [1.82, 2.24) is 0 Å². The summed E-state index contributed by atoms with van der Waals surface area (Å²) in [4.78, 5) is 0. The molecule has 0 unspecified atom stereocenters. The highest BCUT2D eigenvalue weighted by Gasteiger charge is 2.34. The van der Waals surface area contributed by atoms with Gasteiger partial charge >= 0.3 is 0 Å². The molecule has 2 saturated carbocycles. The number of hydrogen-bond donors (Lipinski definition) is 0. The van der Waals surface area contributed by atoms with E-state index in [9.17, 15) is 0 Å².